The van der Waals surface area contributed by atoms with Crippen LogP contribution in [0.3, 0.4) is 0 Å². The topological polar surface area (TPSA) is 119 Å². The van der Waals surface area contributed by atoms with Gasteiger partial charge in [-0.3, -0.25) is 9.48 Å². The van der Waals surface area contributed by atoms with Crippen molar-refractivity contribution in [3.8, 4) is 0 Å². The van der Waals surface area contributed by atoms with Crippen molar-refractivity contribution in [1.29, 1.82) is 0 Å². The Kier molecular flexibility index (Phi) is 1.17. The summed E-state index contributed by atoms with van der Waals surface area (Å²) in [6.45, 7) is -0.0376. The van der Waals surface area contributed by atoms with Crippen LogP contribution in [0.1, 0.15) is 0 Å². The van der Waals surface area contributed by atoms with E-state index in [1.165, 1.54) is 4.68 Å². The summed E-state index contributed by atoms with van der Waals surface area (Å²) in [6, 6.07) is 0. The first-order valence-corrected chi connectivity index (χ1v) is 3.52. The number of aliphatic hydroxyl groups excluding tert-OH is 2. The number of rotatable bonds is 0. The molecule has 2 rings (SSSR count). The number of aliphatic hydroxyl groups is 2. The Morgan fingerprint density at radius 1 is 1.31 bits per heavy atom. The van der Waals surface area contributed by atoms with Crippen molar-refractivity contribution in [1.82, 2.24) is 9.36 Å². The summed E-state index contributed by atoms with van der Waals surface area (Å²) in [5.74, 6) is -0.780. The third-order valence-electron chi connectivity index (χ3n) is 1.98. The van der Waals surface area contributed by atoms with Gasteiger partial charge < -0.3 is 21.7 Å². The molecular weight excluding hydrogens is 176 g/mol. The van der Waals surface area contributed by atoms with Crippen molar-refractivity contribution in [2.45, 2.75) is 6.54 Å². The molecular formula is C6H8N4O3. The Balaban J connectivity index is 2.82. The summed E-state index contributed by atoms with van der Waals surface area (Å²) in [7, 11) is 0. The van der Waals surface area contributed by atoms with Gasteiger partial charge >= 0.3 is 0 Å². The number of fused-ring (bicyclic) bond motifs is 1. The van der Waals surface area contributed by atoms with Crippen LogP contribution in [0.15, 0.2) is 10.6 Å². The van der Waals surface area contributed by atoms with E-state index in [1.54, 1.807) is 0 Å². The summed E-state index contributed by atoms with van der Waals surface area (Å²) >= 11 is 0. The third kappa shape index (κ3) is 0.701. The van der Waals surface area contributed by atoms with Gasteiger partial charge in [0.05, 0.1) is 0 Å². The van der Waals surface area contributed by atoms with Crippen molar-refractivity contribution in [2.24, 2.45) is 0 Å². The Hall–Kier alpha value is -2.05. The largest absolute Gasteiger partial charge is 0.505 e. The van der Waals surface area contributed by atoms with Gasteiger partial charge in [-0.15, -0.1) is 0 Å². The highest BCUT2D eigenvalue weighted by atomic mass is 16.3. The van der Waals surface area contributed by atoms with Crippen LogP contribution in [0.25, 0.3) is 5.88 Å². The molecule has 0 saturated carbocycles. The second-order valence-corrected chi connectivity index (χ2v) is 2.74. The lowest BCUT2D eigenvalue weighted by atomic mass is 10.4. The van der Waals surface area contributed by atoms with Gasteiger partial charge in [-0.2, -0.15) is 4.68 Å². The maximum Gasteiger partial charge on any atom is 0.299 e. The van der Waals surface area contributed by atoms with Crippen molar-refractivity contribution < 1.29 is 10.2 Å². The van der Waals surface area contributed by atoms with E-state index in [9.17, 15) is 9.90 Å². The van der Waals surface area contributed by atoms with E-state index in [4.69, 9.17) is 16.6 Å². The van der Waals surface area contributed by atoms with Crippen LogP contribution in [0.2, 0.25) is 0 Å². The zero-order valence-corrected chi connectivity index (χ0v) is 6.56. The van der Waals surface area contributed by atoms with Crippen LogP contribution in [0.5, 0.6) is 0 Å². The first-order valence-electron chi connectivity index (χ1n) is 3.52. The summed E-state index contributed by atoms with van der Waals surface area (Å²) in [5.41, 5.74) is 10.0. The molecule has 13 heavy (non-hydrogen) atoms. The van der Waals surface area contributed by atoms with Gasteiger partial charge in [0.2, 0.25) is 0 Å². The van der Waals surface area contributed by atoms with E-state index in [2.05, 4.69) is 0 Å². The molecule has 0 radical (unpaired) electrons. The average Bonchev–Trinajstić information content (AvgIpc) is 2.48. The lowest BCUT2D eigenvalue weighted by molar-refractivity contribution is 0.366. The summed E-state index contributed by atoms with van der Waals surface area (Å²) in [4.78, 5) is 11.3. The number of anilines is 2. The van der Waals surface area contributed by atoms with Gasteiger partial charge in [-0.05, 0) is 0 Å². The highest BCUT2D eigenvalue weighted by Crippen LogP contribution is 2.21. The molecule has 0 fully saturated rings. The van der Waals surface area contributed by atoms with E-state index in [0.29, 0.717) is 0 Å². The second kappa shape index (κ2) is 2.00. The molecule has 7 nitrogen and oxygen atoms in total. The van der Waals surface area contributed by atoms with E-state index < -0.39 is 11.4 Å². The molecule has 7 heteroatoms. The Morgan fingerprint density at radius 3 is 2.46 bits per heavy atom. The highest BCUT2D eigenvalue weighted by molar-refractivity contribution is 5.62. The molecule has 6 N–H and O–H groups in total. The van der Waals surface area contributed by atoms with Gasteiger partial charge in [0, 0.05) is 0 Å². The minimum absolute atomic E-state index is 0.0376. The maximum absolute atomic E-state index is 11.3. The fourth-order valence-electron chi connectivity index (χ4n) is 1.28. The van der Waals surface area contributed by atoms with Crippen LogP contribution < -0.4 is 17.0 Å². The maximum atomic E-state index is 11.3. The highest BCUT2D eigenvalue weighted by Gasteiger charge is 2.26. The molecule has 1 aromatic heterocycles. The summed E-state index contributed by atoms with van der Waals surface area (Å²) in [5, 5.41) is 18.3. The molecule has 0 atom stereocenters. The van der Waals surface area contributed by atoms with Crippen LogP contribution in [0, 0.1) is 0 Å². The number of nitrogens with two attached hydrogens (primary N) is 2. The quantitative estimate of drug-likeness (QED) is 0.415. The molecule has 0 amide bonds. The Labute approximate surface area is 72.1 Å². The van der Waals surface area contributed by atoms with Crippen LogP contribution >= 0.6 is 0 Å². The van der Waals surface area contributed by atoms with Gasteiger partial charge in [0.25, 0.3) is 11.4 Å². The van der Waals surface area contributed by atoms with Crippen molar-refractivity contribution >= 4 is 17.4 Å². The molecule has 0 spiro atoms. The van der Waals surface area contributed by atoms with Gasteiger partial charge in [-0.1, -0.05) is 0 Å². The van der Waals surface area contributed by atoms with Crippen LogP contribution in [-0.4, -0.2) is 19.6 Å². The lowest BCUT2D eigenvalue weighted by Crippen LogP contribution is -2.19. The molecule has 0 aliphatic carbocycles. The standard InChI is InChI=1S/C6H8N4O3/c7-3-4(8)9-1-2(11)5(12)10(9)6(3)13/h11-12H,1,7-8H2. The zero-order chi connectivity index (χ0) is 9.75. The number of aromatic nitrogens is 2. The lowest BCUT2D eigenvalue weighted by Gasteiger charge is -1.99. The average molecular weight is 184 g/mol. The fourth-order valence-corrected chi connectivity index (χ4v) is 1.28. The number of allylic oxidation sites excluding steroid dienone is 1. The first kappa shape index (κ1) is 7.59. The minimum Gasteiger partial charge on any atom is -0.505 e. The van der Waals surface area contributed by atoms with E-state index in [-0.39, 0.29) is 23.8 Å². The molecule has 1 aliphatic heterocycles. The van der Waals surface area contributed by atoms with Crippen LogP contribution in [0.4, 0.5) is 11.5 Å². The van der Waals surface area contributed by atoms with Gasteiger partial charge in [0.1, 0.15) is 18.1 Å². The number of nitrogens with zero attached hydrogens (tertiary/aromatic N) is 2. The first-order chi connectivity index (χ1) is 6.04. The van der Waals surface area contributed by atoms with Gasteiger partial charge in [-0.25, -0.2) is 0 Å². The van der Waals surface area contributed by atoms with E-state index >= 15 is 0 Å². The Morgan fingerprint density at radius 2 is 1.92 bits per heavy atom. The van der Waals surface area contributed by atoms with Crippen molar-refractivity contribution in [3.05, 3.63) is 16.1 Å². The molecule has 2 heterocycles. The van der Waals surface area contributed by atoms with E-state index in [1.807, 2.05) is 0 Å². The molecule has 1 aliphatic rings. The smallest absolute Gasteiger partial charge is 0.299 e. The summed E-state index contributed by atoms with van der Waals surface area (Å²) < 4.78 is 2.03. The molecule has 0 saturated heterocycles. The molecule has 70 valence electrons. The molecule has 0 unspecified atom stereocenters. The van der Waals surface area contributed by atoms with Crippen molar-refractivity contribution in [2.75, 3.05) is 11.5 Å². The third-order valence-corrected chi connectivity index (χ3v) is 1.98. The zero-order valence-electron chi connectivity index (χ0n) is 6.56. The SMILES string of the molecule is Nc1c(N)n2n(c1=O)C(O)=C(O)C2. The number of hydrogen-bond acceptors (Lipinski definition) is 5. The van der Waals surface area contributed by atoms with E-state index in [0.717, 1.165) is 4.68 Å². The number of nitrogen functional groups attached to an aromatic ring is 2. The monoisotopic (exact) mass is 184 g/mol. The molecule has 0 bridgehead atoms. The fraction of sp³-hybridized carbons (Fsp3) is 0.167. The van der Waals surface area contributed by atoms with Crippen LogP contribution in [-0.2, 0) is 6.54 Å². The second-order valence-electron chi connectivity index (χ2n) is 2.74. The normalized spacial score (nSPS) is 15.1. The predicted molar refractivity (Wildman–Crippen MR) is 46.0 cm³/mol. The Bertz CT molecular complexity index is 467. The molecule has 0 aromatic carbocycles. The van der Waals surface area contributed by atoms with Gasteiger partial charge in [0.15, 0.2) is 5.76 Å². The minimum atomic E-state index is -0.626. The summed E-state index contributed by atoms with van der Waals surface area (Å²) in [6.07, 6.45) is 0. The molecule has 1 aromatic rings. The predicted octanol–water partition coefficient (Wildman–Crippen LogP) is -0.930. The van der Waals surface area contributed by atoms with Crippen molar-refractivity contribution in [3.63, 3.8) is 0 Å². The number of hydrogen-bond donors (Lipinski definition) is 4.